The molecule has 0 saturated carbocycles. The third-order valence-electron chi connectivity index (χ3n) is 5.76. The van der Waals surface area contributed by atoms with Gasteiger partial charge in [0.1, 0.15) is 23.0 Å². The molecule has 2 aromatic carbocycles. The van der Waals surface area contributed by atoms with Crippen molar-refractivity contribution in [2.24, 2.45) is 0 Å². The van der Waals surface area contributed by atoms with Crippen molar-refractivity contribution in [2.75, 3.05) is 10.6 Å². The normalized spacial score (nSPS) is 10.8. The van der Waals surface area contributed by atoms with Gasteiger partial charge in [-0.2, -0.15) is 0 Å². The van der Waals surface area contributed by atoms with E-state index in [1.807, 2.05) is 0 Å². The van der Waals surface area contributed by atoms with Crippen LogP contribution in [0.1, 0.15) is 37.1 Å². The van der Waals surface area contributed by atoms with Crippen LogP contribution in [0.3, 0.4) is 0 Å². The molecule has 4 rings (SSSR count). The lowest BCUT2D eigenvalue weighted by Gasteiger charge is -2.06. The fourth-order valence-corrected chi connectivity index (χ4v) is 3.72. The van der Waals surface area contributed by atoms with Gasteiger partial charge in [-0.25, -0.2) is 18.4 Å². The minimum atomic E-state index is -0.413. The van der Waals surface area contributed by atoms with Crippen molar-refractivity contribution >= 4 is 23.4 Å². The maximum Gasteiger partial charge on any atom is 0.319 e. The van der Waals surface area contributed by atoms with Crippen LogP contribution in [0.25, 0.3) is 0 Å². The zero-order chi connectivity index (χ0) is 28.2. The maximum absolute atomic E-state index is 12.9. The number of carbonyl (C=O) groups is 2. The smallest absolute Gasteiger partial charge is 0.319 e. The first-order valence-corrected chi connectivity index (χ1v) is 12.8. The summed E-state index contributed by atoms with van der Waals surface area (Å²) in [6.45, 7) is 1.88. The van der Waals surface area contributed by atoms with E-state index in [1.165, 1.54) is 48.5 Å². The first-order chi connectivity index (χ1) is 19.4. The quantitative estimate of drug-likeness (QED) is 0.184. The lowest BCUT2D eigenvalue weighted by Crippen LogP contribution is -2.28. The van der Waals surface area contributed by atoms with Gasteiger partial charge < -0.3 is 21.3 Å². The van der Waals surface area contributed by atoms with Gasteiger partial charge >= 0.3 is 12.1 Å². The highest BCUT2D eigenvalue weighted by atomic mass is 19.1. The number of anilines is 2. The second-order valence-electron chi connectivity index (χ2n) is 8.99. The summed E-state index contributed by atoms with van der Waals surface area (Å²) in [5, 5.41) is 27.0. The lowest BCUT2D eigenvalue weighted by atomic mass is 10.2. The first kappa shape index (κ1) is 28.1. The zero-order valence-electron chi connectivity index (χ0n) is 21.7. The molecule has 0 unspecified atom stereocenters. The van der Waals surface area contributed by atoms with Crippen LogP contribution < -0.4 is 21.3 Å². The number of hydrogen-bond acceptors (Lipinski definition) is 6. The van der Waals surface area contributed by atoms with Crippen LogP contribution in [0.15, 0.2) is 60.9 Å². The van der Waals surface area contributed by atoms with E-state index >= 15 is 0 Å². The van der Waals surface area contributed by atoms with Crippen molar-refractivity contribution in [1.29, 1.82) is 0 Å². The summed E-state index contributed by atoms with van der Waals surface area (Å²) in [4.78, 5) is 23.9. The van der Waals surface area contributed by atoms with Crippen molar-refractivity contribution in [2.45, 2.75) is 51.9 Å². The van der Waals surface area contributed by atoms with Crippen molar-refractivity contribution < 1.29 is 18.4 Å². The third kappa shape index (κ3) is 9.45. The number of unbranched alkanes of at least 4 members (excludes halogenated alkanes) is 3. The molecule has 0 aliphatic carbocycles. The van der Waals surface area contributed by atoms with Crippen LogP contribution in [0, 0.1) is 11.6 Å². The molecule has 4 N–H and O–H groups in total. The number of nitrogens with zero attached hydrogens (tertiary/aromatic N) is 6. The molecule has 0 bridgehead atoms. The van der Waals surface area contributed by atoms with E-state index in [0.717, 1.165) is 25.7 Å². The van der Waals surface area contributed by atoms with Gasteiger partial charge in [0.05, 0.1) is 25.5 Å². The van der Waals surface area contributed by atoms with Gasteiger partial charge in [-0.05, 0) is 61.4 Å². The van der Waals surface area contributed by atoms with Crippen LogP contribution in [0.4, 0.5) is 29.7 Å². The number of aryl methyl sites for hydroxylation is 2. The zero-order valence-corrected chi connectivity index (χ0v) is 21.7. The highest BCUT2D eigenvalue weighted by molar-refractivity contribution is 5.89. The average Bonchev–Trinajstić information content (AvgIpc) is 3.60. The van der Waals surface area contributed by atoms with Gasteiger partial charge in [0, 0.05) is 24.5 Å². The molecule has 2 heterocycles. The molecule has 0 atom stereocenters. The molecule has 0 aliphatic heterocycles. The Labute approximate surface area is 229 Å². The molecule has 2 aromatic heterocycles. The van der Waals surface area contributed by atoms with Crippen LogP contribution in [-0.4, -0.2) is 42.0 Å². The Kier molecular flexibility index (Phi) is 10.1. The molecule has 40 heavy (non-hydrogen) atoms. The second-order valence-corrected chi connectivity index (χ2v) is 8.99. The SMILES string of the molecule is O=C(NCc1cn(CCCCCCn2cc(CNC(=O)Nc3ccc(F)cc3)nn2)nn1)Nc1ccc(F)cc1. The van der Waals surface area contributed by atoms with Crippen LogP contribution in [0.5, 0.6) is 0 Å². The Hall–Kier alpha value is -4.88. The number of amides is 4. The molecular formula is C26H30F2N10O2. The summed E-state index contributed by atoms with van der Waals surface area (Å²) in [5.74, 6) is -0.740. The monoisotopic (exact) mass is 552 g/mol. The molecule has 0 spiro atoms. The minimum absolute atomic E-state index is 0.224. The van der Waals surface area contributed by atoms with E-state index in [9.17, 15) is 18.4 Å². The highest BCUT2D eigenvalue weighted by Crippen LogP contribution is 2.09. The number of nitrogens with one attached hydrogen (secondary N) is 4. The van der Waals surface area contributed by atoms with Crippen LogP contribution in [0.2, 0.25) is 0 Å². The van der Waals surface area contributed by atoms with Crippen LogP contribution >= 0.6 is 0 Å². The van der Waals surface area contributed by atoms with E-state index in [1.54, 1.807) is 21.8 Å². The fourth-order valence-electron chi connectivity index (χ4n) is 3.72. The minimum Gasteiger partial charge on any atom is -0.332 e. The van der Waals surface area contributed by atoms with E-state index in [4.69, 9.17) is 0 Å². The van der Waals surface area contributed by atoms with E-state index in [0.29, 0.717) is 35.9 Å². The summed E-state index contributed by atoms with van der Waals surface area (Å²) < 4.78 is 29.4. The first-order valence-electron chi connectivity index (χ1n) is 12.8. The summed E-state index contributed by atoms with van der Waals surface area (Å²) in [5.41, 5.74) is 2.26. The standard InChI is InChI=1S/C26H30F2N10O2/c27-19-5-9-21(10-6-19)31-25(39)29-15-23-17-37(35-33-23)13-3-1-2-4-14-38-18-24(34-36-38)16-30-26(40)32-22-11-7-20(28)8-12-22/h5-12,17-18H,1-4,13-16H2,(H2,29,31,39)(H2,30,32,40). The Morgan fingerprint density at radius 1 is 0.625 bits per heavy atom. The van der Waals surface area contributed by atoms with Crippen molar-refractivity contribution in [3.05, 3.63) is 83.9 Å². The molecule has 0 radical (unpaired) electrons. The number of benzene rings is 2. The van der Waals surface area contributed by atoms with E-state index in [2.05, 4.69) is 41.9 Å². The third-order valence-corrected chi connectivity index (χ3v) is 5.76. The van der Waals surface area contributed by atoms with Crippen molar-refractivity contribution in [3.63, 3.8) is 0 Å². The number of rotatable bonds is 13. The Bertz CT molecular complexity index is 1270. The molecule has 4 amide bonds. The topological polar surface area (TPSA) is 144 Å². The molecule has 0 aliphatic rings. The molecule has 0 saturated heterocycles. The Morgan fingerprint density at radius 2 is 1.02 bits per heavy atom. The Balaban J connectivity index is 1.05. The lowest BCUT2D eigenvalue weighted by molar-refractivity contribution is 0.251. The Morgan fingerprint density at radius 3 is 1.43 bits per heavy atom. The number of halogens is 2. The molecular weight excluding hydrogens is 522 g/mol. The van der Waals surface area contributed by atoms with Gasteiger partial charge in [0.15, 0.2) is 0 Å². The molecule has 210 valence electrons. The molecule has 14 heteroatoms. The summed E-state index contributed by atoms with van der Waals surface area (Å²) in [7, 11) is 0. The summed E-state index contributed by atoms with van der Waals surface area (Å²) in [6.07, 6.45) is 7.44. The number of urea groups is 2. The van der Waals surface area contributed by atoms with Gasteiger partial charge in [0.25, 0.3) is 0 Å². The number of aromatic nitrogens is 6. The summed E-state index contributed by atoms with van der Waals surface area (Å²) >= 11 is 0. The maximum atomic E-state index is 12.9. The van der Waals surface area contributed by atoms with Crippen LogP contribution in [-0.2, 0) is 26.2 Å². The summed E-state index contributed by atoms with van der Waals surface area (Å²) in [6, 6.07) is 10.2. The average molecular weight is 553 g/mol. The fraction of sp³-hybridized carbons (Fsp3) is 0.308. The van der Waals surface area contributed by atoms with E-state index < -0.39 is 12.1 Å². The second kappa shape index (κ2) is 14.3. The van der Waals surface area contributed by atoms with Gasteiger partial charge in [-0.3, -0.25) is 9.36 Å². The molecule has 12 nitrogen and oxygen atoms in total. The predicted molar refractivity (Wildman–Crippen MR) is 143 cm³/mol. The molecule has 4 aromatic rings. The number of carbonyl (C=O) groups excluding carboxylic acids is 2. The van der Waals surface area contributed by atoms with E-state index in [-0.39, 0.29) is 24.7 Å². The number of hydrogen-bond donors (Lipinski definition) is 4. The highest BCUT2D eigenvalue weighted by Gasteiger charge is 2.07. The van der Waals surface area contributed by atoms with Gasteiger partial charge in [-0.1, -0.05) is 23.3 Å². The van der Waals surface area contributed by atoms with Gasteiger partial charge in [0.2, 0.25) is 0 Å². The largest absolute Gasteiger partial charge is 0.332 e. The van der Waals surface area contributed by atoms with Gasteiger partial charge in [-0.15, -0.1) is 10.2 Å². The molecule has 0 fully saturated rings. The van der Waals surface area contributed by atoms with Crippen molar-refractivity contribution in [3.8, 4) is 0 Å². The predicted octanol–water partition coefficient (Wildman–Crippen LogP) is 4.05. The van der Waals surface area contributed by atoms with Crippen molar-refractivity contribution in [1.82, 2.24) is 40.6 Å².